The minimum absolute atomic E-state index is 0.00252. The Balaban J connectivity index is 1.73. The Hall–Kier alpha value is -3.22. The number of nitrogens with one attached hydrogen (secondary N) is 1. The van der Waals surface area contributed by atoms with Crippen molar-refractivity contribution in [2.45, 2.75) is 18.6 Å². The van der Waals surface area contributed by atoms with Crippen molar-refractivity contribution in [3.8, 4) is 11.5 Å². The van der Waals surface area contributed by atoms with Gasteiger partial charge in [-0.2, -0.15) is 22.0 Å². The van der Waals surface area contributed by atoms with E-state index in [4.69, 9.17) is 9.15 Å². The number of benzene rings is 1. The molecule has 0 bridgehead atoms. The average Bonchev–Trinajstić information content (AvgIpc) is 3.18. The van der Waals surface area contributed by atoms with Gasteiger partial charge in [-0.25, -0.2) is 14.4 Å². The fourth-order valence-corrected chi connectivity index (χ4v) is 2.32. The zero-order valence-corrected chi connectivity index (χ0v) is 14.9. The minimum Gasteiger partial charge on any atom is -0.415 e. The number of halogens is 6. The summed E-state index contributed by atoms with van der Waals surface area (Å²) < 4.78 is 84.7. The molecule has 1 unspecified atom stereocenters. The van der Waals surface area contributed by atoms with Crippen LogP contribution in [0.3, 0.4) is 0 Å². The zero-order valence-electron chi connectivity index (χ0n) is 14.9. The van der Waals surface area contributed by atoms with E-state index in [0.29, 0.717) is 5.56 Å². The molecule has 2 heterocycles. The van der Waals surface area contributed by atoms with Crippen LogP contribution in [0.2, 0.25) is 0 Å². The van der Waals surface area contributed by atoms with E-state index in [1.54, 1.807) is 0 Å². The summed E-state index contributed by atoms with van der Waals surface area (Å²) in [6.07, 6.45) is -5.03. The van der Waals surface area contributed by atoms with Crippen LogP contribution in [0.1, 0.15) is 23.9 Å². The second kappa shape index (κ2) is 9.07. The highest BCUT2D eigenvalue weighted by Crippen LogP contribution is 2.24. The third-order valence-electron chi connectivity index (χ3n) is 3.65. The Morgan fingerprint density at radius 3 is 2.27 bits per heavy atom. The summed E-state index contributed by atoms with van der Waals surface area (Å²) in [7, 11) is 0. The summed E-state index contributed by atoms with van der Waals surface area (Å²) in [4.78, 5) is 7.92. The molecular weight excluding hydrogens is 420 g/mol. The first kappa shape index (κ1) is 21.5. The van der Waals surface area contributed by atoms with Crippen molar-refractivity contribution in [2.75, 3.05) is 18.5 Å². The number of hydrogen-bond acceptors (Lipinski definition) is 7. The van der Waals surface area contributed by atoms with E-state index in [2.05, 4.69) is 25.5 Å². The van der Waals surface area contributed by atoms with E-state index in [1.807, 2.05) is 0 Å². The summed E-state index contributed by atoms with van der Waals surface area (Å²) in [5.41, 5.74) is 0.594. The van der Waals surface area contributed by atoms with Crippen LogP contribution in [-0.4, -0.2) is 39.6 Å². The van der Waals surface area contributed by atoms with Crippen molar-refractivity contribution in [3.05, 3.63) is 53.9 Å². The summed E-state index contributed by atoms with van der Waals surface area (Å²) >= 11 is 0. The molecule has 0 aliphatic heterocycles. The van der Waals surface area contributed by atoms with Gasteiger partial charge in [0, 0.05) is 12.4 Å². The first-order valence-electron chi connectivity index (χ1n) is 8.32. The zero-order chi connectivity index (χ0) is 21.7. The highest BCUT2D eigenvalue weighted by molar-refractivity contribution is 5.50. The van der Waals surface area contributed by atoms with Crippen LogP contribution in [0.5, 0.6) is 0 Å². The van der Waals surface area contributed by atoms with Crippen molar-refractivity contribution in [2.24, 2.45) is 0 Å². The molecule has 0 aliphatic carbocycles. The van der Waals surface area contributed by atoms with Gasteiger partial charge in [0.25, 0.3) is 11.8 Å². The molecule has 3 aromatic rings. The molecular formula is C17H13F6N5O2. The molecule has 1 atom stereocenters. The maximum atomic E-state index is 13.2. The van der Waals surface area contributed by atoms with Crippen LogP contribution >= 0.6 is 0 Å². The monoisotopic (exact) mass is 433 g/mol. The number of ether oxygens (including phenoxy) is 1. The quantitative estimate of drug-likeness (QED) is 0.529. The van der Waals surface area contributed by atoms with Gasteiger partial charge in [-0.15, -0.1) is 10.2 Å². The number of alkyl halides is 5. The third-order valence-corrected chi connectivity index (χ3v) is 3.65. The molecule has 0 radical (unpaired) electrons. The highest BCUT2D eigenvalue weighted by Gasteiger charge is 2.28. The number of nitrogens with zero attached hydrogens (tertiary/aromatic N) is 4. The maximum Gasteiger partial charge on any atom is 0.411 e. The Morgan fingerprint density at radius 1 is 1.03 bits per heavy atom. The normalized spacial score (nSPS) is 12.9. The number of aromatic nitrogens is 4. The molecule has 0 aliphatic rings. The van der Waals surface area contributed by atoms with Crippen LogP contribution in [0, 0.1) is 5.82 Å². The molecule has 0 spiro atoms. The van der Waals surface area contributed by atoms with Gasteiger partial charge < -0.3 is 14.5 Å². The predicted octanol–water partition coefficient (Wildman–Crippen LogP) is 4.34. The molecule has 0 saturated heterocycles. The summed E-state index contributed by atoms with van der Waals surface area (Å²) in [6, 6.07) is 4.22. The van der Waals surface area contributed by atoms with Gasteiger partial charge in [0.15, 0.2) is 0 Å². The fraction of sp³-hybridized carbons (Fsp3) is 0.294. The highest BCUT2D eigenvalue weighted by atomic mass is 19.4. The van der Waals surface area contributed by atoms with Crippen LogP contribution < -0.4 is 5.32 Å². The third kappa shape index (κ3) is 5.89. The van der Waals surface area contributed by atoms with Gasteiger partial charge in [0.05, 0.1) is 18.2 Å². The smallest absolute Gasteiger partial charge is 0.411 e. The van der Waals surface area contributed by atoms with Gasteiger partial charge in [0.2, 0.25) is 5.95 Å². The van der Waals surface area contributed by atoms with Crippen LogP contribution in [0.25, 0.3) is 11.5 Å². The lowest BCUT2D eigenvalue weighted by molar-refractivity contribution is -0.174. The Bertz CT molecular complexity index is 947. The van der Waals surface area contributed by atoms with Crippen molar-refractivity contribution in [3.63, 3.8) is 0 Å². The lowest BCUT2D eigenvalue weighted by atomic mass is 10.1. The minimum atomic E-state index is -4.51. The molecule has 0 fully saturated rings. The molecule has 1 N–H and O–H groups in total. The molecule has 2 aromatic heterocycles. The van der Waals surface area contributed by atoms with Gasteiger partial charge in [0.1, 0.15) is 12.4 Å². The maximum absolute atomic E-state index is 13.2. The van der Waals surface area contributed by atoms with Crippen molar-refractivity contribution in [1.82, 2.24) is 20.2 Å². The first-order chi connectivity index (χ1) is 14.2. The van der Waals surface area contributed by atoms with E-state index in [9.17, 15) is 26.3 Å². The van der Waals surface area contributed by atoms with Crippen LogP contribution in [-0.2, 0) is 4.74 Å². The topological polar surface area (TPSA) is 86.0 Å². The largest absolute Gasteiger partial charge is 0.415 e. The lowest BCUT2D eigenvalue weighted by Crippen LogP contribution is -2.23. The molecule has 3 rings (SSSR count). The van der Waals surface area contributed by atoms with Crippen LogP contribution in [0.15, 0.2) is 41.1 Å². The lowest BCUT2D eigenvalue weighted by Gasteiger charge is -2.20. The molecule has 0 amide bonds. The van der Waals surface area contributed by atoms with Crippen LogP contribution in [0.4, 0.5) is 32.3 Å². The second-order valence-corrected chi connectivity index (χ2v) is 5.92. The van der Waals surface area contributed by atoms with Crippen molar-refractivity contribution < 1.29 is 35.5 Å². The predicted molar refractivity (Wildman–Crippen MR) is 89.9 cm³/mol. The number of rotatable bonds is 8. The Labute approximate surface area is 165 Å². The molecule has 1 aromatic carbocycles. The summed E-state index contributed by atoms with van der Waals surface area (Å²) in [5.74, 6) is -1.60. The summed E-state index contributed by atoms with van der Waals surface area (Å²) in [6.45, 7) is -1.87. The first-order valence-corrected chi connectivity index (χ1v) is 8.32. The van der Waals surface area contributed by atoms with Crippen molar-refractivity contribution >= 4 is 5.95 Å². The second-order valence-electron chi connectivity index (χ2n) is 5.92. The Kier molecular flexibility index (Phi) is 6.50. The van der Waals surface area contributed by atoms with E-state index < -0.39 is 43.6 Å². The standard InChI is InChI=1S/C17H13F6N5O2/c18-11-3-1-9(2-4-11)12(7-29-8-17(21,22)23)26-16-24-5-10(6-25-16)14-27-28-15(30-14)13(19)20/h1-6,12-13H,7-8H2,(H,24,25,26). The van der Waals surface area contributed by atoms with Gasteiger partial charge >= 0.3 is 12.6 Å². The Morgan fingerprint density at radius 2 is 1.70 bits per heavy atom. The van der Waals surface area contributed by atoms with Gasteiger partial charge in [-0.1, -0.05) is 12.1 Å². The SMILES string of the molecule is Fc1ccc(C(COCC(F)(F)F)Nc2ncc(-c3nnc(C(F)F)o3)cn2)cc1. The van der Waals surface area contributed by atoms with E-state index in [-0.39, 0.29) is 17.4 Å². The molecule has 0 saturated carbocycles. The number of anilines is 1. The number of hydrogen-bond donors (Lipinski definition) is 1. The molecule has 30 heavy (non-hydrogen) atoms. The fourth-order valence-electron chi connectivity index (χ4n) is 2.32. The van der Waals surface area contributed by atoms with E-state index in [1.165, 1.54) is 24.5 Å². The average molecular weight is 433 g/mol. The van der Waals surface area contributed by atoms with Gasteiger partial charge in [-0.05, 0) is 17.7 Å². The van der Waals surface area contributed by atoms with E-state index >= 15 is 0 Å². The van der Waals surface area contributed by atoms with Crippen molar-refractivity contribution in [1.29, 1.82) is 0 Å². The molecule has 13 heteroatoms. The molecule has 160 valence electrons. The van der Waals surface area contributed by atoms with Gasteiger partial charge in [-0.3, -0.25) is 0 Å². The summed E-state index contributed by atoms with van der Waals surface area (Å²) in [5, 5.41) is 9.42. The van der Waals surface area contributed by atoms with E-state index in [0.717, 1.165) is 12.1 Å². The molecule has 7 nitrogen and oxygen atoms in total.